The van der Waals surface area contributed by atoms with E-state index in [9.17, 15) is 19.3 Å². The van der Waals surface area contributed by atoms with Crippen molar-refractivity contribution in [2.24, 2.45) is 0 Å². The minimum Gasteiger partial charge on any atom is -0.490 e. The number of hydrogen-bond acceptors (Lipinski definition) is 6. The predicted molar refractivity (Wildman–Crippen MR) is 111 cm³/mol. The molecule has 9 heteroatoms. The van der Waals surface area contributed by atoms with Crippen LogP contribution in [0.3, 0.4) is 0 Å². The van der Waals surface area contributed by atoms with Crippen LogP contribution in [0.1, 0.15) is 39.3 Å². The van der Waals surface area contributed by atoms with E-state index in [1.807, 2.05) is 39.0 Å². The molecule has 0 saturated carbocycles. The average Bonchev–Trinajstić information content (AvgIpc) is 2.70. The highest BCUT2D eigenvalue weighted by Gasteiger charge is 2.20. The third-order valence-electron chi connectivity index (χ3n) is 4.37. The molecule has 0 aliphatic carbocycles. The van der Waals surface area contributed by atoms with Gasteiger partial charge in [0, 0.05) is 17.8 Å². The molecule has 0 aliphatic heterocycles. The Balaban J connectivity index is 2.07. The SMILES string of the molecule is CCOc1ccc([C@H](C)N[C@@H](C)C(=O)Nc2ccc(F)c([N+](=O)[O-])c2)cc1OCC. The molecular formula is C21H26FN3O5. The van der Waals surface area contributed by atoms with E-state index >= 15 is 0 Å². The van der Waals surface area contributed by atoms with Gasteiger partial charge in [0.05, 0.1) is 24.2 Å². The van der Waals surface area contributed by atoms with Crippen molar-refractivity contribution in [3.63, 3.8) is 0 Å². The molecule has 1 amide bonds. The maximum Gasteiger partial charge on any atom is 0.306 e. The average molecular weight is 419 g/mol. The first-order valence-electron chi connectivity index (χ1n) is 9.67. The molecule has 0 bridgehead atoms. The van der Waals surface area contributed by atoms with Crippen LogP contribution >= 0.6 is 0 Å². The molecule has 0 heterocycles. The number of halogens is 1. The highest BCUT2D eigenvalue weighted by atomic mass is 19.1. The predicted octanol–water partition coefficient (Wildman–Crippen LogP) is 4.21. The topological polar surface area (TPSA) is 103 Å². The van der Waals surface area contributed by atoms with E-state index in [1.54, 1.807) is 6.92 Å². The Bertz CT molecular complexity index is 906. The van der Waals surface area contributed by atoms with Gasteiger partial charge in [-0.1, -0.05) is 6.07 Å². The molecule has 2 N–H and O–H groups in total. The lowest BCUT2D eigenvalue weighted by molar-refractivity contribution is -0.387. The zero-order valence-corrected chi connectivity index (χ0v) is 17.4. The number of amides is 1. The first-order valence-corrected chi connectivity index (χ1v) is 9.67. The summed E-state index contributed by atoms with van der Waals surface area (Å²) in [7, 11) is 0. The maximum atomic E-state index is 13.5. The van der Waals surface area contributed by atoms with E-state index in [0.29, 0.717) is 24.7 Å². The first-order chi connectivity index (χ1) is 14.3. The number of benzene rings is 2. The van der Waals surface area contributed by atoms with Gasteiger partial charge in [0.15, 0.2) is 11.5 Å². The summed E-state index contributed by atoms with van der Waals surface area (Å²) < 4.78 is 24.6. The number of nitro benzene ring substituents is 1. The fourth-order valence-electron chi connectivity index (χ4n) is 2.86. The Hall–Kier alpha value is -3.20. The van der Waals surface area contributed by atoms with Gasteiger partial charge in [-0.2, -0.15) is 4.39 Å². The standard InChI is InChI=1S/C21H26FN3O5/c1-5-29-19-10-7-15(11-20(19)30-6-2)13(3)23-14(4)21(26)24-16-8-9-17(22)18(12-16)25(27)28/h7-14,23H,5-6H2,1-4H3,(H,24,26)/t13-,14-/m0/s1. The van der Waals surface area contributed by atoms with Crippen molar-refractivity contribution in [1.29, 1.82) is 0 Å². The summed E-state index contributed by atoms with van der Waals surface area (Å²) in [5.74, 6) is -0.0858. The number of carbonyl (C=O) groups is 1. The van der Waals surface area contributed by atoms with Crippen LogP contribution in [0.2, 0.25) is 0 Å². The van der Waals surface area contributed by atoms with Crippen LogP contribution in [0, 0.1) is 15.9 Å². The number of nitro groups is 1. The highest BCUT2D eigenvalue weighted by Crippen LogP contribution is 2.31. The van der Waals surface area contributed by atoms with Gasteiger partial charge >= 0.3 is 5.69 Å². The normalized spacial score (nSPS) is 12.7. The van der Waals surface area contributed by atoms with Gasteiger partial charge in [-0.25, -0.2) is 0 Å². The van der Waals surface area contributed by atoms with Crippen LogP contribution in [-0.4, -0.2) is 30.1 Å². The zero-order chi connectivity index (χ0) is 22.3. The van der Waals surface area contributed by atoms with Crippen molar-refractivity contribution >= 4 is 17.3 Å². The number of anilines is 1. The van der Waals surface area contributed by atoms with Gasteiger partial charge in [0.25, 0.3) is 0 Å². The Morgan fingerprint density at radius 3 is 2.40 bits per heavy atom. The lowest BCUT2D eigenvalue weighted by Crippen LogP contribution is -2.39. The van der Waals surface area contributed by atoms with Gasteiger partial charge in [-0.05, 0) is 57.5 Å². The summed E-state index contributed by atoms with van der Waals surface area (Å²) in [6.07, 6.45) is 0. The van der Waals surface area contributed by atoms with Crippen molar-refractivity contribution in [3.05, 3.63) is 57.9 Å². The largest absolute Gasteiger partial charge is 0.490 e. The summed E-state index contributed by atoms with van der Waals surface area (Å²) in [6, 6.07) is 7.98. The van der Waals surface area contributed by atoms with E-state index in [1.165, 1.54) is 6.07 Å². The molecule has 0 aromatic heterocycles. The van der Waals surface area contributed by atoms with E-state index in [4.69, 9.17) is 9.47 Å². The number of hydrogen-bond donors (Lipinski definition) is 2. The molecule has 2 atom stereocenters. The van der Waals surface area contributed by atoms with Crippen molar-refractivity contribution in [2.75, 3.05) is 18.5 Å². The Labute approximate surface area is 174 Å². The second kappa shape index (κ2) is 10.5. The fraction of sp³-hybridized carbons (Fsp3) is 0.381. The lowest BCUT2D eigenvalue weighted by Gasteiger charge is -2.21. The van der Waals surface area contributed by atoms with E-state index in [2.05, 4.69) is 10.6 Å². The van der Waals surface area contributed by atoms with Crippen LogP contribution in [-0.2, 0) is 4.79 Å². The zero-order valence-electron chi connectivity index (χ0n) is 17.4. The summed E-state index contributed by atoms with van der Waals surface area (Å²) in [6.45, 7) is 8.36. The molecule has 0 fully saturated rings. The number of rotatable bonds is 10. The Morgan fingerprint density at radius 2 is 1.77 bits per heavy atom. The van der Waals surface area contributed by atoms with E-state index in [0.717, 1.165) is 17.7 Å². The van der Waals surface area contributed by atoms with Crippen molar-refractivity contribution in [2.45, 2.75) is 39.8 Å². The first kappa shape index (κ1) is 23.1. The Morgan fingerprint density at radius 1 is 1.10 bits per heavy atom. The quantitative estimate of drug-likeness (QED) is 0.442. The van der Waals surface area contributed by atoms with E-state index in [-0.39, 0.29) is 11.7 Å². The molecule has 0 saturated heterocycles. The number of nitrogens with one attached hydrogen (secondary N) is 2. The van der Waals surface area contributed by atoms with Crippen LogP contribution in [0.5, 0.6) is 11.5 Å². The van der Waals surface area contributed by atoms with Crippen LogP contribution in [0.25, 0.3) is 0 Å². The molecule has 8 nitrogen and oxygen atoms in total. The van der Waals surface area contributed by atoms with Crippen molar-refractivity contribution < 1.29 is 23.6 Å². The second-order valence-electron chi connectivity index (χ2n) is 6.59. The van der Waals surface area contributed by atoms with Gasteiger partial charge in [0.2, 0.25) is 11.7 Å². The third kappa shape index (κ3) is 5.90. The number of nitrogens with zero attached hydrogens (tertiary/aromatic N) is 1. The molecule has 0 spiro atoms. The molecule has 0 unspecified atom stereocenters. The summed E-state index contributed by atoms with van der Waals surface area (Å²) in [4.78, 5) is 22.5. The van der Waals surface area contributed by atoms with Gasteiger partial charge in [0.1, 0.15) is 0 Å². The van der Waals surface area contributed by atoms with Crippen molar-refractivity contribution in [1.82, 2.24) is 5.32 Å². The summed E-state index contributed by atoms with van der Waals surface area (Å²) in [5.41, 5.74) is 0.354. The smallest absolute Gasteiger partial charge is 0.306 e. The van der Waals surface area contributed by atoms with Gasteiger partial charge in [-0.15, -0.1) is 0 Å². The molecule has 2 rings (SSSR count). The van der Waals surface area contributed by atoms with Gasteiger partial charge in [-0.3, -0.25) is 20.2 Å². The minimum atomic E-state index is -0.960. The second-order valence-corrected chi connectivity index (χ2v) is 6.59. The molecule has 0 aliphatic rings. The molecule has 162 valence electrons. The summed E-state index contributed by atoms with van der Waals surface area (Å²) in [5, 5.41) is 16.6. The minimum absolute atomic E-state index is 0.147. The maximum absolute atomic E-state index is 13.5. The van der Waals surface area contributed by atoms with Crippen LogP contribution in [0.15, 0.2) is 36.4 Å². The van der Waals surface area contributed by atoms with Crippen LogP contribution < -0.4 is 20.1 Å². The number of ether oxygens (including phenoxy) is 2. The van der Waals surface area contributed by atoms with E-state index < -0.39 is 28.4 Å². The van der Waals surface area contributed by atoms with Crippen molar-refractivity contribution in [3.8, 4) is 11.5 Å². The molecule has 30 heavy (non-hydrogen) atoms. The number of carbonyl (C=O) groups excluding carboxylic acids is 1. The highest BCUT2D eigenvalue weighted by molar-refractivity contribution is 5.94. The lowest BCUT2D eigenvalue weighted by atomic mass is 10.1. The van der Waals surface area contributed by atoms with Crippen LogP contribution in [0.4, 0.5) is 15.8 Å². The molecular weight excluding hydrogens is 393 g/mol. The molecule has 2 aromatic carbocycles. The summed E-state index contributed by atoms with van der Waals surface area (Å²) >= 11 is 0. The Kier molecular flexibility index (Phi) is 8.11. The fourth-order valence-corrected chi connectivity index (χ4v) is 2.86. The monoisotopic (exact) mass is 419 g/mol. The molecule has 2 aromatic rings. The van der Waals surface area contributed by atoms with Gasteiger partial charge < -0.3 is 14.8 Å². The third-order valence-corrected chi connectivity index (χ3v) is 4.37. The molecule has 0 radical (unpaired) electrons.